The highest BCUT2D eigenvalue weighted by molar-refractivity contribution is 6.18. The first-order valence-corrected chi connectivity index (χ1v) is 5.64. The van der Waals surface area contributed by atoms with Crippen LogP contribution >= 0.6 is 11.6 Å². The molecule has 0 saturated heterocycles. The van der Waals surface area contributed by atoms with E-state index in [-0.39, 0.29) is 0 Å². The zero-order chi connectivity index (χ0) is 8.81. The van der Waals surface area contributed by atoms with E-state index < -0.39 is 0 Å². The van der Waals surface area contributed by atoms with Gasteiger partial charge in [0.25, 0.3) is 0 Å². The van der Waals surface area contributed by atoms with Gasteiger partial charge in [0.15, 0.2) is 0 Å². The van der Waals surface area contributed by atoms with Gasteiger partial charge in [0.1, 0.15) is 0 Å². The van der Waals surface area contributed by atoms with Crippen molar-refractivity contribution < 1.29 is 0 Å². The number of rotatable bonds is 5. The maximum Gasteiger partial charge on any atom is 0.0254 e. The Bertz CT molecular complexity index is 149. The molecule has 0 fully saturated rings. The summed E-state index contributed by atoms with van der Waals surface area (Å²) in [4.78, 5) is 0. The van der Waals surface area contributed by atoms with Gasteiger partial charge in [-0.3, -0.25) is 0 Å². The first kappa shape index (κ1) is 10.1. The molecule has 0 amide bonds. The smallest absolute Gasteiger partial charge is 0.0254 e. The van der Waals surface area contributed by atoms with Gasteiger partial charge in [0.2, 0.25) is 0 Å². The summed E-state index contributed by atoms with van der Waals surface area (Å²) in [5.74, 6) is 1.58. The van der Waals surface area contributed by atoms with Crippen molar-refractivity contribution in [3.63, 3.8) is 0 Å². The van der Waals surface area contributed by atoms with Crippen LogP contribution in [0.25, 0.3) is 0 Å². The van der Waals surface area contributed by atoms with Crippen LogP contribution in [0.15, 0.2) is 11.6 Å². The SMILES string of the molecule is CCCC(CCl)CC1=CCCC1. The molecule has 0 aromatic rings. The van der Waals surface area contributed by atoms with Gasteiger partial charge in [-0.05, 0) is 38.0 Å². The van der Waals surface area contributed by atoms with Crippen LogP contribution in [0.2, 0.25) is 0 Å². The zero-order valence-electron chi connectivity index (χ0n) is 7.98. The van der Waals surface area contributed by atoms with Crippen LogP contribution in [0.1, 0.15) is 45.4 Å². The first-order valence-electron chi connectivity index (χ1n) is 5.10. The summed E-state index contributed by atoms with van der Waals surface area (Å²) in [6.45, 7) is 2.24. The largest absolute Gasteiger partial charge is 0.126 e. The predicted octanol–water partition coefficient (Wildman–Crippen LogP) is 4.14. The van der Waals surface area contributed by atoms with Gasteiger partial charge >= 0.3 is 0 Å². The molecular weight excluding hydrogens is 168 g/mol. The monoisotopic (exact) mass is 186 g/mol. The number of alkyl halides is 1. The van der Waals surface area contributed by atoms with Gasteiger partial charge in [-0.1, -0.05) is 25.0 Å². The Labute approximate surface area is 81.0 Å². The second-order valence-corrected chi connectivity index (χ2v) is 4.08. The molecule has 1 atom stereocenters. The van der Waals surface area contributed by atoms with Crippen molar-refractivity contribution in [3.05, 3.63) is 11.6 Å². The van der Waals surface area contributed by atoms with Crippen molar-refractivity contribution in [2.45, 2.75) is 45.4 Å². The Kier molecular flexibility index (Phi) is 4.75. The first-order chi connectivity index (χ1) is 5.86. The second kappa shape index (κ2) is 5.64. The lowest BCUT2D eigenvalue weighted by atomic mass is 9.96. The van der Waals surface area contributed by atoms with Crippen LogP contribution in [0.4, 0.5) is 0 Å². The summed E-state index contributed by atoms with van der Waals surface area (Å²) in [6, 6.07) is 0. The standard InChI is InChI=1S/C11H19Cl/c1-2-5-11(9-12)8-10-6-3-4-7-10/h6,11H,2-5,7-9H2,1H3. The molecule has 70 valence electrons. The number of hydrogen-bond acceptors (Lipinski definition) is 0. The average Bonchev–Trinajstić information content (AvgIpc) is 2.56. The summed E-state index contributed by atoms with van der Waals surface area (Å²) < 4.78 is 0. The lowest BCUT2D eigenvalue weighted by Gasteiger charge is -2.12. The summed E-state index contributed by atoms with van der Waals surface area (Å²) in [6.07, 6.45) is 10.2. The molecule has 1 unspecified atom stereocenters. The molecule has 0 heterocycles. The molecule has 1 aliphatic carbocycles. The van der Waals surface area contributed by atoms with Crippen LogP contribution < -0.4 is 0 Å². The van der Waals surface area contributed by atoms with Crippen LogP contribution in [0.3, 0.4) is 0 Å². The van der Waals surface area contributed by atoms with Crippen molar-refractivity contribution in [2.24, 2.45) is 5.92 Å². The molecule has 0 saturated carbocycles. The van der Waals surface area contributed by atoms with E-state index in [1.165, 1.54) is 38.5 Å². The van der Waals surface area contributed by atoms with E-state index in [0.29, 0.717) is 0 Å². The van der Waals surface area contributed by atoms with Crippen LogP contribution in [-0.2, 0) is 0 Å². The lowest BCUT2D eigenvalue weighted by molar-refractivity contribution is 0.521. The number of halogens is 1. The van der Waals surface area contributed by atoms with E-state index in [9.17, 15) is 0 Å². The van der Waals surface area contributed by atoms with Gasteiger partial charge in [0, 0.05) is 5.88 Å². The maximum atomic E-state index is 5.90. The van der Waals surface area contributed by atoms with Crippen molar-refractivity contribution in [3.8, 4) is 0 Å². The third-order valence-corrected chi connectivity index (χ3v) is 3.04. The molecule has 0 N–H and O–H groups in total. The maximum absolute atomic E-state index is 5.90. The third-order valence-electron chi connectivity index (χ3n) is 2.60. The summed E-state index contributed by atoms with van der Waals surface area (Å²) in [5, 5.41) is 0. The van der Waals surface area contributed by atoms with E-state index in [2.05, 4.69) is 13.0 Å². The average molecular weight is 187 g/mol. The van der Waals surface area contributed by atoms with Gasteiger partial charge in [-0.2, -0.15) is 0 Å². The topological polar surface area (TPSA) is 0 Å². The van der Waals surface area contributed by atoms with Crippen molar-refractivity contribution in [1.82, 2.24) is 0 Å². The Balaban J connectivity index is 2.25. The van der Waals surface area contributed by atoms with E-state index >= 15 is 0 Å². The molecule has 1 rings (SSSR count). The Morgan fingerprint density at radius 2 is 2.42 bits per heavy atom. The fraction of sp³-hybridized carbons (Fsp3) is 0.818. The fourth-order valence-corrected chi connectivity index (χ4v) is 2.20. The van der Waals surface area contributed by atoms with Crippen LogP contribution in [-0.4, -0.2) is 5.88 Å². The molecule has 12 heavy (non-hydrogen) atoms. The molecular formula is C11H19Cl. The molecule has 0 spiro atoms. The van der Waals surface area contributed by atoms with Crippen molar-refractivity contribution >= 4 is 11.6 Å². The van der Waals surface area contributed by atoms with Crippen LogP contribution in [0.5, 0.6) is 0 Å². The summed E-state index contributed by atoms with van der Waals surface area (Å²) in [7, 11) is 0. The van der Waals surface area contributed by atoms with Gasteiger partial charge < -0.3 is 0 Å². The van der Waals surface area contributed by atoms with Crippen molar-refractivity contribution in [1.29, 1.82) is 0 Å². The van der Waals surface area contributed by atoms with Crippen LogP contribution in [0, 0.1) is 5.92 Å². The Hall–Kier alpha value is 0.0300. The fourth-order valence-electron chi connectivity index (χ4n) is 1.94. The lowest BCUT2D eigenvalue weighted by Crippen LogP contribution is -2.02. The van der Waals surface area contributed by atoms with E-state index in [1.807, 2.05) is 0 Å². The Morgan fingerprint density at radius 3 is 2.92 bits per heavy atom. The number of hydrogen-bond donors (Lipinski definition) is 0. The second-order valence-electron chi connectivity index (χ2n) is 3.77. The highest BCUT2D eigenvalue weighted by atomic mass is 35.5. The molecule has 0 aromatic heterocycles. The highest BCUT2D eigenvalue weighted by Gasteiger charge is 2.11. The quantitative estimate of drug-likeness (QED) is 0.447. The van der Waals surface area contributed by atoms with Gasteiger partial charge in [-0.15, -0.1) is 11.6 Å². The van der Waals surface area contributed by atoms with E-state index in [4.69, 9.17) is 11.6 Å². The molecule has 0 bridgehead atoms. The highest BCUT2D eigenvalue weighted by Crippen LogP contribution is 2.26. The normalized spacial score (nSPS) is 19.3. The molecule has 1 aliphatic rings. The molecule has 0 aromatic carbocycles. The van der Waals surface area contributed by atoms with Gasteiger partial charge in [0.05, 0.1) is 0 Å². The number of allylic oxidation sites excluding steroid dienone is 2. The minimum atomic E-state index is 0.737. The minimum absolute atomic E-state index is 0.737. The molecule has 1 heteroatoms. The third kappa shape index (κ3) is 3.18. The Morgan fingerprint density at radius 1 is 1.58 bits per heavy atom. The summed E-state index contributed by atoms with van der Waals surface area (Å²) in [5.41, 5.74) is 1.66. The van der Waals surface area contributed by atoms with Gasteiger partial charge in [-0.25, -0.2) is 0 Å². The van der Waals surface area contributed by atoms with E-state index in [1.54, 1.807) is 5.57 Å². The molecule has 0 radical (unpaired) electrons. The summed E-state index contributed by atoms with van der Waals surface area (Å²) >= 11 is 5.90. The van der Waals surface area contributed by atoms with Crippen molar-refractivity contribution in [2.75, 3.05) is 5.88 Å². The van der Waals surface area contributed by atoms with E-state index in [0.717, 1.165) is 11.8 Å². The molecule has 0 nitrogen and oxygen atoms in total. The molecule has 0 aliphatic heterocycles. The predicted molar refractivity (Wildman–Crippen MR) is 55.7 cm³/mol. The minimum Gasteiger partial charge on any atom is -0.126 e. The zero-order valence-corrected chi connectivity index (χ0v) is 8.74.